The number of benzene rings is 8. The Bertz CT molecular complexity index is 3230. The van der Waals surface area contributed by atoms with Crippen molar-refractivity contribution in [2.45, 2.75) is 0 Å². The van der Waals surface area contributed by atoms with Crippen LogP contribution in [-0.2, 0) is 0 Å². The van der Waals surface area contributed by atoms with Gasteiger partial charge in [0, 0.05) is 58.8 Å². The Morgan fingerprint density at radius 3 is 1.91 bits per heavy atom. The van der Waals surface area contributed by atoms with Gasteiger partial charge in [-0.1, -0.05) is 158 Å². The minimum absolute atomic E-state index is 0.595. The van der Waals surface area contributed by atoms with Gasteiger partial charge in [0.2, 0.25) is 0 Å². The summed E-state index contributed by atoms with van der Waals surface area (Å²) in [4.78, 5) is 15.6. The lowest BCUT2D eigenvalue weighted by molar-refractivity contribution is 0.670. The van der Waals surface area contributed by atoms with E-state index < -0.39 is 0 Å². The Kier molecular flexibility index (Phi) is 7.00. The number of furan rings is 1. The van der Waals surface area contributed by atoms with Gasteiger partial charge in [-0.2, -0.15) is 0 Å². The number of aromatic nitrogens is 3. The fourth-order valence-electron chi connectivity index (χ4n) is 7.82. The molecule has 0 spiro atoms. The molecule has 0 saturated heterocycles. The van der Waals surface area contributed by atoms with Crippen LogP contribution >= 0.6 is 11.3 Å². The number of hydrogen-bond donors (Lipinski definition) is 0. The summed E-state index contributed by atoms with van der Waals surface area (Å²) in [5, 5.41) is 6.93. The van der Waals surface area contributed by atoms with Crippen molar-refractivity contribution in [3.8, 4) is 56.4 Å². The number of fused-ring (bicyclic) bond motifs is 7. The average molecular weight is 708 g/mol. The summed E-state index contributed by atoms with van der Waals surface area (Å²) >= 11 is 1.83. The molecule has 0 aliphatic rings. The highest BCUT2D eigenvalue weighted by Crippen LogP contribution is 2.44. The number of rotatable bonds is 5. The molecular formula is C49H29N3OS. The van der Waals surface area contributed by atoms with Gasteiger partial charge in [0.05, 0.1) is 0 Å². The summed E-state index contributed by atoms with van der Waals surface area (Å²) in [5.74, 6) is 1.83. The number of para-hydroxylation sites is 1. The van der Waals surface area contributed by atoms with Crippen LogP contribution in [0.25, 0.3) is 109 Å². The maximum Gasteiger partial charge on any atom is 0.164 e. The highest BCUT2D eigenvalue weighted by molar-refractivity contribution is 7.26. The van der Waals surface area contributed by atoms with Crippen LogP contribution in [0.3, 0.4) is 0 Å². The van der Waals surface area contributed by atoms with Crippen LogP contribution in [0, 0.1) is 0 Å². The molecule has 0 unspecified atom stereocenters. The second kappa shape index (κ2) is 12.3. The van der Waals surface area contributed by atoms with E-state index in [-0.39, 0.29) is 0 Å². The predicted octanol–water partition coefficient (Wildman–Crippen LogP) is 13.6. The third-order valence-corrected chi connectivity index (χ3v) is 11.6. The molecule has 252 valence electrons. The molecule has 11 rings (SSSR count). The van der Waals surface area contributed by atoms with E-state index in [0.717, 1.165) is 60.9 Å². The summed E-state index contributed by atoms with van der Waals surface area (Å²) in [5.41, 5.74) is 8.80. The van der Waals surface area contributed by atoms with Crippen molar-refractivity contribution < 1.29 is 4.42 Å². The molecule has 11 aromatic rings. The first-order valence-corrected chi connectivity index (χ1v) is 18.8. The SMILES string of the molecule is c1ccc(-c2nc(-c3ccccc3-c3cccc4c3sc3ccccc34)nc(-c3cccc4oc5c(-c6ccc7ccccc7c6)cccc5c34)n2)cc1. The zero-order chi connectivity index (χ0) is 35.6. The first-order valence-electron chi connectivity index (χ1n) is 18.0. The smallest absolute Gasteiger partial charge is 0.164 e. The van der Waals surface area contributed by atoms with Crippen molar-refractivity contribution in [1.82, 2.24) is 15.0 Å². The summed E-state index contributed by atoms with van der Waals surface area (Å²) in [7, 11) is 0. The fourth-order valence-corrected chi connectivity index (χ4v) is 9.05. The Balaban J connectivity index is 1.13. The maximum atomic E-state index is 6.71. The largest absolute Gasteiger partial charge is 0.455 e. The van der Waals surface area contributed by atoms with Gasteiger partial charge >= 0.3 is 0 Å². The van der Waals surface area contributed by atoms with Crippen LogP contribution in [-0.4, -0.2) is 15.0 Å². The van der Waals surface area contributed by atoms with Gasteiger partial charge in [0.1, 0.15) is 11.2 Å². The summed E-state index contributed by atoms with van der Waals surface area (Å²) < 4.78 is 9.24. The minimum atomic E-state index is 0.595. The topological polar surface area (TPSA) is 51.8 Å². The van der Waals surface area contributed by atoms with Crippen molar-refractivity contribution in [2.75, 3.05) is 0 Å². The second-order valence-electron chi connectivity index (χ2n) is 13.5. The molecule has 0 saturated carbocycles. The molecule has 3 aromatic heterocycles. The molecule has 0 N–H and O–H groups in total. The molecule has 0 bridgehead atoms. The molecule has 0 radical (unpaired) electrons. The van der Waals surface area contributed by atoms with Crippen molar-refractivity contribution in [2.24, 2.45) is 0 Å². The Morgan fingerprint density at radius 1 is 0.389 bits per heavy atom. The molecule has 5 heteroatoms. The standard InChI is InChI=1S/C49H29N3OS/c1-2-14-31(15-3-1)47-50-48(39-19-7-6-17-35(39)37-21-11-22-38-36-18-8-9-26-43(36)54-46(37)38)52-49(51-47)41-24-12-25-42-44(41)40-23-10-20-34(45(40)53-42)33-28-27-30-13-4-5-16-32(30)29-33/h1-29H. The highest BCUT2D eigenvalue weighted by atomic mass is 32.1. The van der Waals surface area contributed by atoms with Gasteiger partial charge in [0.15, 0.2) is 17.5 Å². The third-order valence-electron chi connectivity index (χ3n) is 10.4. The van der Waals surface area contributed by atoms with Crippen LogP contribution in [0.5, 0.6) is 0 Å². The number of thiophene rings is 1. The molecule has 0 aliphatic carbocycles. The average Bonchev–Trinajstić information content (AvgIpc) is 3.83. The monoisotopic (exact) mass is 707 g/mol. The van der Waals surface area contributed by atoms with Crippen molar-refractivity contribution >= 4 is 64.2 Å². The highest BCUT2D eigenvalue weighted by Gasteiger charge is 2.21. The van der Waals surface area contributed by atoms with E-state index in [1.165, 1.54) is 30.9 Å². The van der Waals surface area contributed by atoms with Crippen molar-refractivity contribution in [1.29, 1.82) is 0 Å². The summed E-state index contributed by atoms with van der Waals surface area (Å²) in [6, 6.07) is 61.4. The van der Waals surface area contributed by atoms with E-state index in [1.807, 2.05) is 41.7 Å². The van der Waals surface area contributed by atoms with Crippen LogP contribution < -0.4 is 0 Å². The Hall–Kier alpha value is -6.95. The summed E-state index contributed by atoms with van der Waals surface area (Å²) in [6.45, 7) is 0. The molecule has 4 nitrogen and oxygen atoms in total. The Morgan fingerprint density at radius 2 is 1.02 bits per heavy atom. The van der Waals surface area contributed by atoms with Crippen LogP contribution in [0.1, 0.15) is 0 Å². The molecule has 0 aliphatic heterocycles. The van der Waals surface area contributed by atoms with E-state index in [9.17, 15) is 0 Å². The molecule has 0 amide bonds. The van der Waals surface area contributed by atoms with Gasteiger partial charge in [-0.25, -0.2) is 15.0 Å². The van der Waals surface area contributed by atoms with E-state index in [1.54, 1.807) is 0 Å². The predicted molar refractivity (Wildman–Crippen MR) is 225 cm³/mol. The zero-order valence-electron chi connectivity index (χ0n) is 28.9. The van der Waals surface area contributed by atoms with Crippen LogP contribution in [0.15, 0.2) is 180 Å². The molecule has 8 aromatic carbocycles. The Labute approximate surface area is 314 Å². The molecular weight excluding hydrogens is 679 g/mol. The molecule has 0 atom stereocenters. The fraction of sp³-hybridized carbons (Fsp3) is 0. The van der Waals surface area contributed by atoms with E-state index in [4.69, 9.17) is 19.4 Å². The quantitative estimate of drug-likeness (QED) is 0.179. The summed E-state index contributed by atoms with van der Waals surface area (Å²) in [6.07, 6.45) is 0. The van der Waals surface area contributed by atoms with Gasteiger partial charge in [-0.3, -0.25) is 0 Å². The number of hydrogen-bond acceptors (Lipinski definition) is 5. The van der Waals surface area contributed by atoms with Crippen molar-refractivity contribution in [3.05, 3.63) is 176 Å². The normalized spacial score (nSPS) is 11.7. The van der Waals surface area contributed by atoms with Crippen LogP contribution in [0.4, 0.5) is 0 Å². The number of nitrogens with zero attached hydrogens (tertiary/aromatic N) is 3. The lowest BCUT2D eigenvalue weighted by Crippen LogP contribution is -2.01. The maximum absolute atomic E-state index is 6.71. The zero-order valence-corrected chi connectivity index (χ0v) is 29.7. The third kappa shape index (κ3) is 4.94. The molecule has 3 heterocycles. The molecule has 0 fully saturated rings. The van der Waals surface area contributed by atoms with E-state index in [2.05, 4.69) is 146 Å². The van der Waals surface area contributed by atoms with E-state index >= 15 is 0 Å². The van der Waals surface area contributed by atoms with Gasteiger partial charge in [0.25, 0.3) is 0 Å². The minimum Gasteiger partial charge on any atom is -0.455 e. The first-order chi connectivity index (χ1) is 26.8. The second-order valence-corrected chi connectivity index (χ2v) is 14.6. The van der Waals surface area contributed by atoms with E-state index in [0.29, 0.717) is 17.5 Å². The van der Waals surface area contributed by atoms with Gasteiger partial charge in [-0.05, 0) is 40.1 Å². The lowest BCUT2D eigenvalue weighted by atomic mass is 9.97. The first kappa shape index (κ1) is 30.7. The lowest BCUT2D eigenvalue weighted by Gasteiger charge is -2.13. The van der Waals surface area contributed by atoms with Gasteiger partial charge in [-0.15, -0.1) is 11.3 Å². The van der Waals surface area contributed by atoms with Crippen LogP contribution in [0.2, 0.25) is 0 Å². The molecule has 54 heavy (non-hydrogen) atoms. The van der Waals surface area contributed by atoms with Crippen molar-refractivity contribution in [3.63, 3.8) is 0 Å². The van der Waals surface area contributed by atoms with Gasteiger partial charge < -0.3 is 4.42 Å².